The van der Waals surface area contributed by atoms with E-state index in [2.05, 4.69) is 23.7 Å². The van der Waals surface area contributed by atoms with Gasteiger partial charge in [0.2, 0.25) is 0 Å². The van der Waals surface area contributed by atoms with E-state index in [1.54, 1.807) is 0 Å². The highest BCUT2D eigenvalue weighted by Crippen LogP contribution is 2.26. The van der Waals surface area contributed by atoms with Crippen LogP contribution in [0.1, 0.15) is 43.5 Å². The van der Waals surface area contributed by atoms with Crippen LogP contribution in [-0.4, -0.2) is 27.9 Å². The van der Waals surface area contributed by atoms with Gasteiger partial charge in [0, 0.05) is 23.7 Å². The maximum Gasteiger partial charge on any atom is 0.256 e. The summed E-state index contributed by atoms with van der Waals surface area (Å²) in [5.74, 6) is 0.160. The summed E-state index contributed by atoms with van der Waals surface area (Å²) in [5, 5.41) is 1.10. The van der Waals surface area contributed by atoms with Crippen LogP contribution in [0.4, 0.5) is 0 Å². The first-order valence-corrected chi connectivity index (χ1v) is 7.07. The zero-order valence-electron chi connectivity index (χ0n) is 11.5. The van der Waals surface area contributed by atoms with Gasteiger partial charge >= 0.3 is 0 Å². The zero-order chi connectivity index (χ0) is 13.4. The second-order valence-electron chi connectivity index (χ2n) is 5.59. The Morgan fingerprint density at radius 1 is 1.21 bits per heavy atom. The molecule has 2 atom stereocenters. The van der Waals surface area contributed by atoms with Crippen LogP contribution < -0.4 is 0 Å². The van der Waals surface area contributed by atoms with Crippen LogP contribution >= 0.6 is 0 Å². The normalized spacial score (nSPS) is 23.8. The van der Waals surface area contributed by atoms with E-state index in [9.17, 15) is 4.79 Å². The highest BCUT2D eigenvalue weighted by molar-refractivity contribution is 6.05. The number of amides is 1. The average Bonchev–Trinajstić information content (AvgIpc) is 2.86. The lowest BCUT2D eigenvalue weighted by Crippen LogP contribution is -2.47. The molecular weight excluding hydrogens is 236 g/mol. The van der Waals surface area contributed by atoms with E-state index in [4.69, 9.17) is 0 Å². The molecule has 1 aromatic carbocycles. The van der Waals surface area contributed by atoms with Crippen LogP contribution in [0.5, 0.6) is 0 Å². The van der Waals surface area contributed by atoms with Gasteiger partial charge in [-0.3, -0.25) is 4.79 Å². The van der Waals surface area contributed by atoms with Crippen LogP contribution in [0.2, 0.25) is 0 Å². The summed E-state index contributed by atoms with van der Waals surface area (Å²) in [5.41, 5.74) is 1.75. The van der Waals surface area contributed by atoms with Crippen molar-refractivity contribution in [2.75, 3.05) is 0 Å². The molecule has 0 aliphatic carbocycles. The third-order valence-corrected chi connectivity index (χ3v) is 4.25. The smallest absolute Gasteiger partial charge is 0.256 e. The number of likely N-dealkylation sites (tertiary alicyclic amines) is 1. The van der Waals surface area contributed by atoms with Gasteiger partial charge in [0.1, 0.15) is 0 Å². The van der Waals surface area contributed by atoms with E-state index in [0.29, 0.717) is 12.1 Å². The zero-order valence-corrected chi connectivity index (χ0v) is 11.5. The van der Waals surface area contributed by atoms with Gasteiger partial charge in [-0.05, 0) is 45.2 Å². The molecule has 0 radical (unpaired) electrons. The number of aromatic nitrogens is 1. The van der Waals surface area contributed by atoms with Crippen molar-refractivity contribution in [3.63, 3.8) is 0 Å². The predicted octanol–water partition coefficient (Wildman–Crippen LogP) is 3.57. The molecule has 0 spiro atoms. The predicted molar refractivity (Wildman–Crippen MR) is 77.2 cm³/mol. The number of nitrogens with one attached hydrogen (secondary N) is 1. The number of rotatable bonds is 1. The third-order valence-electron chi connectivity index (χ3n) is 4.25. The molecule has 3 nitrogen and oxygen atoms in total. The molecule has 2 heterocycles. The molecule has 1 saturated heterocycles. The number of aromatic amines is 1. The highest BCUT2D eigenvalue weighted by Gasteiger charge is 2.30. The van der Waals surface area contributed by atoms with Gasteiger partial charge in [0.05, 0.1) is 11.1 Å². The molecule has 2 unspecified atom stereocenters. The molecule has 0 bridgehead atoms. The average molecular weight is 256 g/mol. The molecule has 100 valence electrons. The monoisotopic (exact) mass is 256 g/mol. The van der Waals surface area contributed by atoms with Crippen LogP contribution in [0.25, 0.3) is 10.9 Å². The largest absolute Gasteiger partial charge is 0.361 e. The van der Waals surface area contributed by atoms with Crippen molar-refractivity contribution < 1.29 is 4.79 Å². The topological polar surface area (TPSA) is 36.1 Å². The Labute approximate surface area is 113 Å². The number of piperidine rings is 1. The number of hydrogen-bond acceptors (Lipinski definition) is 1. The van der Waals surface area contributed by atoms with E-state index < -0.39 is 0 Å². The maximum absolute atomic E-state index is 12.8. The minimum Gasteiger partial charge on any atom is -0.361 e. The number of para-hydroxylation sites is 1. The van der Waals surface area contributed by atoms with Crippen molar-refractivity contribution in [2.24, 2.45) is 0 Å². The van der Waals surface area contributed by atoms with Gasteiger partial charge in [-0.15, -0.1) is 0 Å². The molecule has 0 saturated carbocycles. The summed E-state index contributed by atoms with van der Waals surface area (Å²) in [7, 11) is 0. The first-order chi connectivity index (χ1) is 9.18. The Morgan fingerprint density at radius 3 is 2.68 bits per heavy atom. The van der Waals surface area contributed by atoms with Crippen LogP contribution in [0, 0.1) is 0 Å². The lowest BCUT2D eigenvalue weighted by molar-refractivity contribution is 0.0512. The Hall–Kier alpha value is -1.77. The van der Waals surface area contributed by atoms with Gasteiger partial charge in [0.15, 0.2) is 0 Å². The molecule has 1 aromatic heterocycles. The Kier molecular flexibility index (Phi) is 3.05. The van der Waals surface area contributed by atoms with E-state index in [-0.39, 0.29) is 5.91 Å². The highest BCUT2D eigenvalue weighted by atomic mass is 16.2. The number of nitrogens with zero attached hydrogens (tertiary/aromatic N) is 1. The van der Waals surface area contributed by atoms with Crippen LogP contribution in [0.15, 0.2) is 30.5 Å². The molecule has 1 aliphatic heterocycles. The fraction of sp³-hybridized carbons (Fsp3) is 0.438. The fourth-order valence-electron chi connectivity index (χ4n) is 3.22. The maximum atomic E-state index is 12.8. The molecule has 2 aromatic rings. The quantitative estimate of drug-likeness (QED) is 0.832. The van der Waals surface area contributed by atoms with E-state index in [0.717, 1.165) is 29.3 Å². The minimum absolute atomic E-state index is 0.160. The molecule has 1 aliphatic rings. The van der Waals surface area contributed by atoms with Crippen molar-refractivity contribution in [2.45, 2.75) is 45.2 Å². The van der Waals surface area contributed by atoms with Crippen molar-refractivity contribution in [3.8, 4) is 0 Å². The molecule has 3 rings (SSSR count). The lowest BCUT2D eigenvalue weighted by Gasteiger charge is -2.39. The first-order valence-electron chi connectivity index (χ1n) is 7.07. The number of H-pyrrole nitrogens is 1. The van der Waals surface area contributed by atoms with E-state index >= 15 is 0 Å². The lowest BCUT2D eigenvalue weighted by atomic mass is 9.96. The molecule has 1 amide bonds. The molecular formula is C16H20N2O. The minimum atomic E-state index is 0.160. The Balaban J connectivity index is 2.01. The SMILES string of the molecule is CC1CCCC(C)N1C(=O)c1cccc2cc[nH]c12. The summed E-state index contributed by atoms with van der Waals surface area (Å²) < 4.78 is 0. The van der Waals surface area contributed by atoms with Crippen molar-refractivity contribution in [1.29, 1.82) is 0 Å². The number of carbonyl (C=O) groups excluding carboxylic acids is 1. The summed E-state index contributed by atoms with van der Waals surface area (Å²) in [6.07, 6.45) is 5.33. The summed E-state index contributed by atoms with van der Waals surface area (Å²) in [6, 6.07) is 8.60. The Bertz CT molecular complexity index is 592. The number of fused-ring (bicyclic) bond motifs is 1. The third kappa shape index (κ3) is 2.03. The van der Waals surface area contributed by atoms with E-state index in [1.807, 2.05) is 30.5 Å². The van der Waals surface area contributed by atoms with Crippen molar-refractivity contribution in [1.82, 2.24) is 9.88 Å². The van der Waals surface area contributed by atoms with Crippen LogP contribution in [-0.2, 0) is 0 Å². The number of hydrogen-bond donors (Lipinski definition) is 1. The summed E-state index contributed by atoms with van der Waals surface area (Å²) in [4.78, 5) is 18.1. The second kappa shape index (κ2) is 4.72. The Morgan fingerprint density at radius 2 is 1.95 bits per heavy atom. The van der Waals surface area contributed by atoms with Gasteiger partial charge in [-0.2, -0.15) is 0 Å². The molecule has 1 fully saturated rings. The van der Waals surface area contributed by atoms with Gasteiger partial charge in [0.25, 0.3) is 5.91 Å². The molecule has 1 N–H and O–H groups in total. The van der Waals surface area contributed by atoms with Crippen molar-refractivity contribution >= 4 is 16.8 Å². The van der Waals surface area contributed by atoms with Gasteiger partial charge in [-0.1, -0.05) is 12.1 Å². The number of carbonyl (C=O) groups is 1. The van der Waals surface area contributed by atoms with Crippen molar-refractivity contribution in [3.05, 3.63) is 36.0 Å². The van der Waals surface area contributed by atoms with Crippen LogP contribution in [0.3, 0.4) is 0 Å². The second-order valence-corrected chi connectivity index (χ2v) is 5.59. The molecule has 19 heavy (non-hydrogen) atoms. The van der Waals surface area contributed by atoms with E-state index in [1.165, 1.54) is 6.42 Å². The summed E-state index contributed by atoms with van der Waals surface area (Å²) >= 11 is 0. The van der Waals surface area contributed by atoms with Gasteiger partial charge in [-0.25, -0.2) is 0 Å². The first kappa shape index (κ1) is 12.3. The number of benzene rings is 1. The van der Waals surface area contributed by atoms with Gasteiger partial charge < -0.3 is 9.88 Å². The molecule has 3 heteroatoms. The standard InChI is InChI=1S/C16H20N2O/c1-11-5-3-6-12(2)18(11)16(19)14-8-4-7-13-9-10-17-15(13)14/h4,7-12,17H,3,5-6H2,1-2H3. The fourth-order valence-corrected chi connectivity index (χ4v) is 3.22. The summed E-state index contributed by atoms with van der Waals surface area (Å²) in [6.45, 7) is 4.31.